The monoisotopic (exact) mass is 420 g/mol. The van der Waals surface area contributed by atoms with E-state index in [4.69, 9.17) is 4.98 Å². The highest BCUT2D eigenvalue weighted by Crippen LogP contribution is 2.26. The lowest BCUT2D eigenvalue weighted by Crippen LogP contribution is -2.22. The molecule has 0 spiro atoms. The van der Waals surface area contributed by atoms with Crippen molar-refractivity contribution in [1.82, 2.24) is 4.98 Å². The molecule has 1 atom stereocenters. The SMILES string of the molecule is CCN(C)c1nc(NCc2ccc(F)cc2)ccc1NC(=O)C[C@@H](C)c1ccccc1. The van der Waals surface area contributed by atoms with Crippen molar-refractivity contribution in [3.05, 3.63) is 83.7 Å². The molecule has 6 heteroatoms. The fraction of sp³-hybridized carbons (Fsp3) is 0.280. The standard InChI is InChI=1S/C25H29FN4O/c1-4-30(3)25-22(28-24(31)16-18(2)20-8-6-5-7-9-20)14-15-23(29-25)27-17-19-10-12-21(26)13-11-19/h5-15,18H,4,16-17H2,1-3H3,(H,27,29)(H,28,31)/t18-/m1/s1. The van der Waals surface area contributed by atoms with Crippen molar-refractivity contribution in [2.45, 2.75) is 32.7 Å². The summed E-state index contributed by atoms with van der Waals surface area (Å²) in [4.78, 5) is 19.4. The number of amides is 1. The molecule has 1 heterocycles. The quantitative estimate of drug-likeness (QED) is 0.485. The highest BCUT2D eigenvalue weighted by Gasteiger charge is 2.15. The number of benzene rings is 2. The third kappa shape index (κ3) is 6.28. The molecule has 0 unspecified atom stereocenters. The first kappa shape index (κ1) is 22.3. The first-order valence-corrected chi connectivity index (χ1v) is 10.5. The Morgan fingerprint density at radius 2 is 1.77 bits per heavy atom. The molecule has 1 amide bonds. The molecule has 0 aliphatic rings. The number of rotatable bonds is 9. The number of nitrogens with one attached hydrogen (secondary N) is 2. The van der Waals surface area contributed by atoms with Gasteiger partial charge in [0.25, 0.3) is 0 Å². The highest BCUT2D eigenvalue weighted by atomic mass is 19.1. The van der Waals surface area contributed by atoms with Crippen LogP contribution in [0.4, 0.5) is 21.7 Å². The largest absolute Gasteiger partial charge is 0.366 e. The zero-order valence-electron chi connectivity index (χ0n) is 18.2. The van der Waals surface area contributed by atoms with E-state index in [1.807, 2.05) is 61.3 Å². The Hall–Kier alpha value is -3.41. The number of pyridine rings is 1. The fourth-order valence-corrected chi connectivity index (χ4v) is 3.26. The van der Waals surface area contributed by atoms with Gasteiger partial charge in [-0.15, -0.1) is 0 Å². The zero-order chi connectivity index (χ0) is 22.2. The van der Waals surface area contributed by atoms with Gasteiger partial charge in [-0.05, 0) is 48.2 Å². The average molecular weight is 421 g/mol. The first-order chi connectivity index (χ1) is 15.0. The van der Waals surface area contributed by atoms with E-state index in [9.17, 15) is 9.18 Å². The molecule has 5 nitrogen and oxygen atoms in total. The van der Waals surface area contributed by atoms with Gasteiger partial charge >= 0.3 is 0 Å². The molecule has 0 bridgehead atoms. The van der Waals surface area contributed by atoms with Crippen LogP contribution in [-0.2, 0) is 11.3 Å². The Balaban J connectivity index is 1.69. The predicted molar refractivity (Wildman–Crippen MR) is 125 cm³/mol. The van der Waals surface area contributed by atoms with E-state index in [2.05, 4.69) is 17.6 Å². The lowest BCUT2D eigenvalue weighted by atomic mass is 9.97. The van der Waals surface area contributed by atoms with E-state index < -0.39 is 0 Å². The number of carbonyl (C=O) groups excluding carboxylic acids is 1. The first-order valence-electron chi connectivity index (χ1n) is 10.5. The number of nitrogens with zero attached hydrogens (tertiary/aromatic N) is 2. The van der Waals surface area contributed by atoms with Crippen LogP contribution in [0.5, 0.6) is 0 Å². The second-order valence-corrected chi connectivity index (χ2v) is 7.63. The van der Waals surface area contributed by atoms with Gasteiger partial charge in [0.2, 0.25) is 5.91 Å². The van der Waals surface area contributed by atoms with Crippen molar-refractivity contribution in [2.75, 3.05) is 29.1 Å². The summed E-state index contributed by atoms with van der Waals surface area (Å²) in [6, 6.07) is 20.1. The van der Waals surface area contributed by atoms with Gasteiger partial charge < -0.3 is 15.5 Å². The second-order valence-electron chi connectivity index (χ2n) is 7.63. The number of aromatic nitrogens is 1. The van der Waals surface area contributed by atoms with E-state index in [1.165, 1.54) is 12.1 Å². The maximum atomic E-state index is 13.1. The lowest BCUT2D eigenvalue weighted by molar-refractivity contribution is -0.116. The third-order valence-electron chi connectivity index (χ3n) is 5.23. The van der Waals surface area contributed by atoms with Gasteiger partial charge in [0.05, 0.1) is 5.69 Å². The Morgan fingerprint density at radius 3 is 2.45 bits per heavy atom. The van der Waals surface area contributed by atoms with Crippen molar-refractivity contribution >= 4 is 23.2 Å². The van der Waals surface area contributed by atoms with Crippen LogP contribution < -0.4 is 15.5 Å². The molecule has 0 radical (unpaired) electrons. The Bertz CT molecular complexity index is 992. The Kier molecular flexibility index (Phi) is 7.60. The van der Waals surface area contributed by atoms with Crippen molar-refractivity contribution in [1.29, 1.82) is 0 Å². The normalized spacial score (nSPS) is 11.6. The summed E-state index contributed by atoms with van der Waals surface area (Å²) < 4.78 is 13.1. The van der Waals surface area contributed by atoms with E-state index in [-0.39, 0.29) is 17.6 Å². The molecule has 31 heavy (non-hydrogen) atoms. The van der Waals surface area contributed by atoms with Crippen LogP contribution >= 0.6 is 0 Å². The van der Waals surface area contributed by atoms with Gasteiger partial charge in [0.1, 0.15) is 11.6 Å². The maximum Gasteiger partial charge on any atom is 0.225 e. The molecule has 2 N–H and O–H groups in total. The van der Waals surface area contributed by atoms with Crippen molar-refractivity contribution in [3.63, 3.8) is 0 Å². The Labute approximate surface area is 183 Å². The molecule has 162 valence electrons. The molecule has 0 aliphatic carbocycles. The summed E-state index contributed by atoms with van der Waals surface area (Å²) in [5, 5.41) is 6.28. The van der Waals surface area contributed by atoms with Crippen molar-refractivity contribution in [3.8, 4) is 0 Å². The Morgan fingerprint density at radius 1 is 1.06 bits per heavy atom. The van der Waals surface area contributed by atoms with Gasteiger partial charge in [-0.2, -0.15) is 0 Å². The summed E-state index contributed by atoms with van der Waals surface area (Å²) in [5.74, 6) is 1.21. The van der Waals surface area contributed by atoms with E-state index in [1.54, 1.807) is 12.1 Å². The van der Waals surface area contributed by atoms with Gasteiger partial charge in [-0.25, -0.2) is 9.37 Å². The maximum absolute atomic E-state index is 13.1. The summed E-state index contributed by atoms with van der Waals surface area (Å²) in [5.41, 5.74) is 2.78. The molecule has 3 rings (SSSR count). The number of hydrogen-bond donors (Lipinski definition) is 2. The van der Waals surface area contributed by atoms with Crippen LogP contribution in [0.15, 0.2) is 66.7 Å². The van der Waals surface area contributed by atoms with Crippen LogP contribution in [0.2, 0.25) is 0 Å². The molecule has 1 aromatic heterocycles. The van der Waals surface area contributed by atoms with Crippen LogP contribution in [0.25, 0.3) is 0 Å². The molecule has 0 saturated carbocycles. The van der Waals surface area contributed by atoms with Crippen molar-refractivity contribution in [2.24, 2.45) is 0 Å². The summed E-state index contributed by atoms with van der Waals surface area (Å²) >= 11 is 0. The number of halogens is 1. The van der Waals surface area contributed by atoms with Crippen LogP contribution in [0.1, 0.15) is 37.3 Å². The molecule has 0 fully saturated rings. The van der Waals surface area contributed by atoms with Crippen molar-refractivity contribution < 1.29 is 9.18 Å². The van der Waals surface area contributed by atoms with Crippen LogP contribution in [-0.4, -0.2) is 24.5 Å². The van der Waals surface area contributed by atoms with E-state index >= 15 is 0 Å². The third-order valence-corrected chi connectivity index (χ3v) is 5.23. The minimum atomic E-state index is -0.254. The summed E-state index contributed by atoms with van der Waals surface area (Å²) in [6.45, 7) is 5.36. The fourth-order valence-electron chi connectivity index (χ4n) is 3.26. The number of anilines is 3. The minimum Gasteiger partial charge on any atom is -0.366 e. The topological polar surface area (TPSA) is 57.3 Å². The molecule has 0 aliphatic heterocycles. The van der Waals surface area contributed by atoms with Gasteiger partial charge in [0.15, 0.2) is 5.82 Å². The highest BCUT2D eigenvalue weighted by molar-refractivity contribution is 5.94. The average Bonchev–Trinajstić information content (AvgIpc) is 2.79. The molecular formula is C25H29FN4O. The van der Waals surface area contributed by atoms with Crippen LogP contribution in [0.3, 0.4) is 0 Å². The lowest BCUT2D eigenvalue weighted by Gasteiger charge is -2.21. The van der Waals surface area contributed by atoms with Crippen LogP contribution in [0, 0.1) is 5.82 Å². The zero-order valence-corrected chi connectivity index (χ0v) is 18.2. The van der Waals surface area contributed by atoms with E-state index in [0.717, 1.165) is 17.7 Å². The number of hydrogen-bond acceptors (Lipinski definition) is 4. The molecule has 2 aromatic carbocycles. The molecule has 0 saturated heterocycles. The van der Waals surface area contributed by atoms with Gasteiger partial charge in [-0.3, -0.25) is 4.79 Å². The minimum absolute atomic E-state index is 0.0454. The predicted octanol–water partition coefficient (Wildman–Crippen LogP) is 5.42. The second kappa shape index (κ2) is 10.6. The summed E-state index contributed by atoms with van der Waals surface area (Å²) in [6.07, 6.45) is 0.393. The smallest absolute Gasteiger partial charge is 0.225 e. The number of carbonyl (C=O) groups is 1. The molecular weight excluding hydrogens is 391 g/mol. The van der Waals surface area contributed by atoms with Gasteiger partial charge in [-0.1, -0.05) is 49.4 Å². The van der Waals surface area contributed by atoms with E-state index in [0.29, 0.717) is 30.3 Å². The van der Waals surface area contributed by atoms with Gasteiger partial charge in [0, 0.05) is 26.6 Å². The molecule has 3 aromatic rings. The summed E-state index contributed by atoms with van der Waals surface area (Å²) in [7, 11) is 1.94.